The zero-order valence-corrected chi connectivity index (χ0v) is 14.5. The molecule has 3 rings (SSSR count). The van der Waals surface area contributed by atoms with E-state index in [9.17, 15) is 4.79 Å². The standard InChI is InChI=1S/C18H24N4O2/c1-12(2)15-11-22(16-8-5-4-7-14(16)20-15)18(23)10-6-9-17-19-13(3)21-24-17/h4-5,7-8,12,15,20H,6,9-11H2,1-3H3. The van der Waals surface area contributed by atoms with Crippen LogP contribution in [-0.2, 0) is 11.2 Å². The molecule has 1 amide bonds. The van der Waals surface area contributed by atoms with Crippen LogP contribution in [0.2, 0.25) is 0 Å². The molecule has 1 atom stereocenters. The molecule has 2 aromatic rings. The number of carbonyl (C=O) groups excluding carboxylic acids is 1. The maximum absolute atomic E-state index is 12.8. The first-order valence-corrected chi connectivity index (χ1v) is 8.49. The third kappa shape index (κ3) is 3.58. The van der Waals surface area contributed by atoms with Crippen LogP contribution in [0, 0.1) is 12.8 Å². The number of para-hydroxylation sites is 2. The summed E-state index contributed by atoms with van der Waals surface area (Å²) < 4.78 is 5.10. The maximum atomic E-state index is 12.8. The van der Waals surface area contributed by atoms with Crippen molar-refractivity contribution in [3.8, 4) is 0 Å². The van der Waals surface area contributed by atoms with E-state index in [1.165, 1.54) is 0 Å². The van der Waals surface area contributed by atoms with Crippen molar-refractivity contribution >= 4 is 17.3 Å². The molecule has 1 aliphatic heterocycles. The summed E-state index contributed by atoms with van der Waals surface area (Å²) in [5.41, 5.74) is 2.00. The predicted octanol–water partition coefficient (Wildman–Crippen LogP) is 3.18. The van der Waals surface area contributed by atoms with E-state index in [1.807, 2.05) is 29.2 Å². The number of carbonyl (C=O) groups is 1. The van der Waals surface area contributed by atoms with E-state index in [2.05, 4.69) is 29.3 Å². The summed E-state index contributed by atoms with van der Waals surface area (Å²) in [6.45, 7) is 6.84. The van der Waals surface area contributed by atoms with E-state index < -0.39 is 0 Å². The van der Waals surface area contributed by atoms with Gasteiger partial charge >= 0.3 is 0 Å². The highest BCUT2D eigenvalue weighted by Gasteiger charge is 2.29. The number of nitrogens with zero attached hydrogens (tertiary/aromatic N) is 3. The average molecular weight is 328 g/mol. The van der Waals surface area contributed by atoms with Crippen LogP contribution in [0.1, 0.15) is 38.4 Å². The Balaban J connectivity index is 1.66. The molecule has 1 aliphatic rings. The summed E-state index contributed by atoms with van der Waals surface area (Å²) in [5, 5.41) is 7.31. The summed E-state index contributed by atoms with van der Waals surface area (Å²) in [6, 6.07) is 8.26. The fraction of sp³-hybridized carbons (Fsp3) is 0.500. The fourth-order valence-corrected chi connectivity index (χ4v) is 2.95. The molecule has 128 valence electrons. The van der Waals surface area contributed by atoms with Crippen molar-refractivity contribution in [3.63, 3.8) is 0 Å². The van der Waals surface area contributed by atoms with Crippen LogP contribution in [0.15, 0.2) is 28.8 Å². The molecule has 0 aliphatic carbocycles. The van der Waals surface area contributed by atoms with Crippen LogP contribution in [-0.4, -0.2) is 28.6 Å². The molecule has 1 aromatic carbocycles. The van der Waals surface area contributed by atoms with Crippen molar-refractivity contribution in [1.82, 2.24) is 10.1 Å². The second kappa shape index (κ2) is 7.03. The van der Waals surface area contributed by atoms with Crippen molar-refractivity contribution in [3.05, 3.63) is 36.0 Å². The molecular weight excluding hydrogens is 304 g/mol. The molecule has 1 unspecified atom stereocenters. The average Bonchev–Trinajstić information content (AvgIpc) is 2.99. The Hall–Kier alpha value is -2.37. The van der Waals surface area contributed by atoms with Gasteiger partial charge in [0.25, 0.3) is 0 Å². The second-order valence-corrected chi connectivity index (χ2v) is 6.61. The van der Waals surface area contributed by atoms with E-state index in [4.69, 9.17) is 4.52 Å². The summed E-state index contributed by atoms with van der Waals surface area (Å²) in [7, 11) is 0. The van der Waals surface area contributed by atoms with Gasteiger partial charge < -0.3 is 14.7 Å². The summed E-state index contributed by atoms with van der Waals surface area (Å²) >= 11 is 0. The van der Waals surface area contributed by atoms with Crippen molar-refractivity contribution in [2.45, 2.75) is 46.1 Å². The molecule has 24 heavy (non-hydrogen) atoms. The Bertz CT molecular complexity index is 711. The van der Waals surface area contributed by atoms with Gasteiger partial charge in [-0.15, -0.1) is 0 Å². The van der Waals surface area contributed by atoms with Crippen molar-refractivity contribution in [2.75, 3.05) is 16.8 Å². The van der Waals surface area contributed by atoms with Gasteiger partial charge in [0.2, 0.25) is 11.8 Å². The summed E-state index contributed by atoms with van der Waals surface area (Å²) in [4.78, 5) is 18.8. The number of amides is 1. The van der Waals surface area contributed by atoms with Gasteiger partial charge in [-0.25, -0.2) is 0 Å². The van der Waals surface area contributed by atoms with Crippen LogP contribution >= 0.6 is 0 Å². The van der Waals surface area contributed by atoms with E-state index >= 15 is 0 Å². The van der Waals surface area contributed by atoms with Crippen LogP contribution in [0.5, 0.6) is 0 Å². The van der Waals surface area contributed by atoms with E-state index in [1.54, 1.807) is 6.92 Å². The van der Waals surface area contributed by atoms with E-state index in [0.29, 0.717) is 43.4 Å². The van der Waals surface area contributed by atoms with Crippen LogP contribution in [0.25, 0.3) is 0 Å². The molecule has 1 aromatic heterocycles. The molecule has 6 nitrogen and oxygen atoms in total. The van der Waals surface area contributed by atoms with Gasteiger partial charge in [-0.1, -0.05) is 31.1 Å². The third-order valence-corrected chi connectivity index (χ3v) is 4.37. The number of hydrogen-bond acceptors (Lipinski definition) is 5. The molecule has 0 saturated carbocycles. The van der Waals surface area contributed by atoms with Gasteiger partial charge in [0, 0.05) is 25.4 Å². The molecule has 0 bridgehead atoms. The molecule has 0 spiro atoms. The normalized spacial score (nSPS) is 16.8. The Labute approximate surface area is 142 Å². The molecule has 6 heteroatoms. The lowest BCUT2D eigenvalue weighted by molar-refractivity contribution is -0.118. The van der Waals surface area contributed by atoms with Crippen LogP contribution in [0.3, 0.4) is 0 Å². The molecule has 1 N–H and O–H groups in total. The number of nitrogens with one attached hydrogen (secondary N) is 1. The van der Waals surface area contributed by atoms with Gasteiger partial charge in [-0.05, 0) is 31.4 Å². The minimum Gasteiger partial charge on any atom is -0.379 e. The lowest BCUT2D eigenvalue weighted by Gasteiger charge is -2.37. The summed E-state index contributed by atoms with van der Waals surface area (Å²) in [5.74, 6) is 1.83. The monoisotopic (exact) mass is 328 g/mol. The smallest absolute Gasteiger partial charge is 0.227 e. The lowest BCUT2D eigenvalue weighted by atomic mass is 9.99. The van der Waals surface area contributed by atoms with Gasteiger partial charge in [0.05, 0.1) is 11.4 Å². The van der Waals surface area contributed by atoms with E-state index in [0.717, 1.165) is 11.4 Å². The van der Waals surface area contributed by atoms with E-state index in [-0.39, 0.29) is 11.9 Å². The number of hydrogen-bond donors (Lipinski definition) is 1. The highest BCUT2D eigenvalue weighted by atomic mass is 16.5. The lowest BCUT2D eigenvalue weighted by Crippen LogP contribution is -2.47. The molecule has 2 heterocycles. The Morgan fingerprint density at radius 2 is 2.21 bits per heavy atom. The SMILES string of the molecule is Cc1noc(CCCC(=O)N2CC(C(C)C)Nc3ccccc32)n1. The minimum absolute atomic E-state index is 0.144. The van der Waals surface area contributed by atoms with Gasteiger partial charge in [0.1, 0.15) is 0 Å². The van der Waals surface area contributed by atoms with Crippen molar-refractivity contribution in [2.24, 2.45) is 5.92 Å². The van der Waals surface area contributed by atoms with Gasteiger partial charge in [-0.2, -0.15) is 4.98 Å². The summed E-state index contributed by atoms with van der Waals surface area (Å²) in [6.07, 6.45) is 1.81. The highest BCUT2D eigenvalue weighted by molar-refractivity contribution is 5.97. The third-order valence-electron chi connectivity index (χ3n) is 4.37. The first-order chi connectivity index (χ1) is 11.5. The zero-order chi connectivity index (χ0) is 17.1. The first-order valence-electron chi connectivity index (χ1n) is 8.49. The Kier molecular flexibility index (Phi) is 4.83. The van der Waals surface area contributed by atoms with Gasteiger partial charge in [0.15, 0.2) is 5.82 Å². The second-order valence-electron chi connectivity index (χ2n) is 6.61. The topological polar surface area (TPSA) is 71.3 Å². The quantitative estimate of drug-likeness (QED) is 0.912. The molecular formula is C18H24N4O2. The Morgan fingerprint density at radius 3 is 2.92 bits per heavy atom. The first kappa shape index (κ1) is 16.5. The van der Waals surface area contributed by atoms with Crippen molar-refractivity contribution < 1.29 is 9.32 Å². The maximum Gasteiger partial charge on any atom is 0.227 e. The molecule has 0 saturated heterocycles. The number of fused-ring (bicyclic) bond motifs is 1. The van der Waals surface area contributed by atoms with Crippen LogP contribution in [0.4, 0.5) is 11.4 Å². The largest absolute Gasteiger partial charge is 0.379 e. The zero-order valence-electron chi connectivity index (χ0n) is 14.5. The van der Waals surface area contributed by atoms with Crippen LogP contribution < -0.4 is 10.2 Å². The predicted molar refractivity (Wildman–Crippen MR) is 93.0 cm³/mol. The number of aryl methyl sites for hydroxylation is 2. The Morgan fingerprint density at radius 1 is 1.42 bits per heavy atom. The highest BCUT2D eigenvalue weighted by Crippen LogP contribution is 2.32. The van der Waals surface area contributed by atoms with Gasteiger partial charge in [-0.3, -0.25) is 4.79 Å². The minimum atomic E-state index is 0.144. The molecule has 0 fully saturated rings. The number of aromatic nitrogens is 2. The number of anilines is 2. The number of benzene rings is 1. The molecule has 0 radical (unpaired) electrons. The fourth-order valence-electron chi connectivity index (χ4n) is 2.95. The number of rotatable bonds is 5. The van der Waals surface area contributed by atoms with Crippen molar-refractivity contribution in [1.29, 1.82) is 0 Å².